The van der Waals surface area contributed by atoms with Crippen molar-refractivity contribution in [3.05, 3.63) is 0 Å². The number of carbonyl (C=O) groups is 2. The van der Waals surface area contributed by atoms with Gasteiger partial charge in [0.1, 0.15) is 0 Å². The summed E-state index contributed by atoms with van der Waals surface area (Å²) in [5.41, 5.74) is 0. The highest BCUT2D eigenvalue weighted by molar-refractivity contribution is 6.34. The van der Waals surface area contributed by atoms with Gasteiger partial charge in [-0.25, -0.2) is 0 Å². The molecule has 0 aromatic heterocycles. The lowest BCUT2D eigenvalue weighted by Gasteiger charge is -2.38. The molecule has 2 rings (SSSR count). The third-order valence-electron chi connectivity index (χ3n) is 4.96. The Labute approximate surface area is 133 Å². The molecule has 6 nitrogen and oxygen atoms in total. The smallest absolute Gasteiger partial charge is 0.312 e. The standard InChI is InChI=1S/C16H30N4O2/c1-4-13(2)12-18(3)15(21)16(22)20-9-7-19(8-10-20)14-5-6-17-11-14/h13-14,17H,4-12H2,1-3H3. The van der Waals surface area contributed by atoms with Gasteiger partial charge in [0.15, 0.2) is 0 Å². The molecule has 1 N–H and O–H groups in total. The Kier molecular flexibility index (Phi) is 6.20. The van der Waals surface area contributed by atoms with Gasteiger partial charge in [0.25, 0.3) is 0 Å². The van der Waals surface area contributed by atoms with E-state index in [0.29, 0.717) is 31.6 Å². The third kappa shape index (κ3) is 4.20. The highest BCUT2D eigenvalue weighted by Crippen LogP contribution is 2.12. The van der Waals surface area contributed by atoms with Crippen molar-refractivity contribution in [3.63, 3.8) is 0 Å². The lowest BCUT2D eigenvalue weighted by atomic mass is 10.1. The normalized spacial score (nSPS) is 24.3. The summed E-state index contributed by atoms with van der Waals surface area (Å²) >= 11 is 0. The fraction of sp³-hybridized carbons (Fsp3) is 0.875. The van der Waals surface area contributed by atoms with Crippen molar-refractivity contribution in [2.24, 2.45) is 5.92 Å². The topological polar surface area (TPSA) is 55.9 Å². The predicted molar refractivity (Wildman–Crippen MR) is 86.5 cm³/mol. The summed E-state index contributed by atoms with van der Waals surface area (Å²) < 4.78 is 0. The molecular weight excluding hydrogens is 280 g/mol. The largest absolute Gasteiger partial charge is 0.337 e. The van der Waals surface area contributed by atoms with Crippen LogP contribution in [-0.4, -0.2) is 85.4 Å². The van der Waals surface area contributed by atoms with Crippen LogP contribution in [0.1, 0.15) is 26.7 Å². The number of hydrogen-bond donors (Lipinski definition) is 1. The number of likely N-dealkylation sites (N-methyl/N-ethyl adjacent to an activating group) is 1. The van der Waals surface area contributed by atoms with Gasteiger partial charge >= 0.3 is 11.8 Å². The monoisotopic (exact) mass is 310 g/mol. The molecule has 0 aromatic rings. The molecule has 2 saturated heterocycles. The molecule has 2 fully saturated rings. The Bertz CT molecular complexity index is 388. The van der Waals surface area contributed by atoms with Gasteiger partial charge in [-0.15, -0.1) is 0 Å². The van der Waals surface area contributed by atoms with E-state index in [-0.39, 0.29) is 11.8 Å². The Hall–Kier alpha value is -1.14. The molecule has 0 aliphatic carbocycles. The molecule has 22 heavy (non-hydrogen) atoms. The predicted octanol–water partition coefficient (Wildman–Crippen LogP) is -0.00300. The van der Waals surface area contributed by atoms with Crippen LogP contribution in [0.4, 0.5) is 0 Å². The Balaban J connectivity index is 1.79. The first-order chi connectivity index (χ1) is 10.5. The fourth-order valence-electron chi connectivity index (χ4n) is 3.22. The average molecular weight is 310 g/mol. The van der Waals surface area contributed by atoms with Gasteiger partial charge < -0.3 is 15.1 Å². The van der Waals surface area contributed by atoms with Crippen LogP contribution in [0.2, 0.25) is 0 Å². The molecule has 126 valence electrons. The number of nitrogens with zero attached hydrogens (tertiary/aromatic N) is 3. The van der Waals surface area contributed by atoms with E-state index in [9.17, 15) is 9.59 Å². The van der Waals surface area contributed by atoms with E-state index in [1.807, 2.05) is 0 Å². The highest BCUT2D eigenvalue weighted by atomic mass is 16.2. The van der Waals surface area contributed by atoms with Crippen LogP contribution in [0.25, 0.3) is 0 Å². The van der Waals surface area contributed by atoms with Gasteiger partial charge in [-0.05, 0) is 18.9 Å². The molecule has 0 saturated carbocycles. The Morgan fingerprint density at radius 3 is 2.50 bits per heavy atom. The molecule has 0 aromatic carbocycles. The maximum atomic E-state index is 12.3. The van der Waals surface area contributed by atoms with E-state index in [1.54, 1.807) is 16.8 Å². The summed E-state index contributed by atoms with van der Waals surface area (Å²) in [5, 5.41) is 3.38. The molecule has 2 amide bonds. The maximum absolute atomic E-state index is 12.3. The van der Waals surface area contributed by atoms with E-state index < -0.39 is 0 Å². The zero-order valence-corrected chi connectivity index (χ0v) is 14.2. The van der Waals surface area contributed by atoms with Crippen LogP contribution in [0, 0.1) is 5.92 Å². The molecule has 2 atom stereocenters. The Morgan fingerprint density at radius 1 is 1.27 bits per heavy atom. The summed E-state index contributed by atoms with van der Waals surface area (Å²) in [4.78, 5) is 30.3. The van der Waals surface area contributed by atoms with Gasteiger partial charge in [0.2, 0.25) is 0 Å². The zero-order valence-electron chi connectivity index (χ0n) is 14.2. The molecule has 2 unspecified atom stereocenters. The minimum atomic E-state index is -0.365. The minimum absolute atomic E-state index is 0.338. The van der Waals surface area contributed by atoms with Gasteiger partial charge in [-0.1, -0.05) is 20.3 Å². The average Bonchev–Trinajstić information content (AvgIpc) is 3.07. The van der Waals surface area contributed by atoms with E-state index in [1.165, 1.54) is 6.42 Å². The number of carbonyl (C=O) groups excluding carboxylic acids is 2. The second-order valence-electron chi connectivity index (χ2n) is 6.67. The number of rotatable bonds is 4. The lowest BCUT2D eigenvalue weighted by Crippen LogP contribution is -2.55. The summed E-state index contributed by atoms with van der Waals surface area (Å²) in [5.74, 6) is -0.278. The van der Waals surface area contributed by atoms with E-state index in [2.05, 4.69) is 24.1 Å². The van der Waals surface area contributed by atoms with Crippen molar-refractivity contribution in [2.75, 3.05) is 52.9 Å². The van der Waals surface area contributed by atoms with Crippen molar-refractivity contribution in [1.82, 2.24) is 20.0 Å². The van der Waals surface area contributed by atoms with Crippen molar-refractivity contribution in [2.45, 2.75) is 32.7 Å². The number of hydrogen-bond acceptors (Lipinski definition) is 4. The fourth-order valence-corrected chi connectivity index (χ4v) is 3.22. The molecule has 0 bridgehead atoms. The third-order valence-corrected chi connectivity index (χ3v) is 4.96. The number of amides is 2. The van der Waals surface area contributed by atoms with Gasteiger partial charge in [0.05, 0.1) is 0 Å². The lowest BCUT2D eigenvalue weighted by molar-refractivity contribution is -0.152. The quantitative estimate of drug-likeness (QED) is 0.743. The van der Waals surface area contributed by atoms with Crippen molar-refractivity contribution in [1.29, 1.82) is 0 Å². The van der Waals surface area contributed by atoms with E-state index >= 15 is 0 Å². The molecule has 0 spiro atoms. The first kappa shape index (κ1) is 17.2. The molecular formula is C16H30N4O2. The van der Waals surface area contributed by atoms with Crippen LogP contribution >= 0.6 is 0 Å². The van der Waals surface area contributed by atoms with Crippen LogP contribution in [0.3, 0.4) is 0 Å². The Morgan fingerprint density at radius 2 is 1.95 bits per heavy atom. The van der Waals surface area contributed by atoms with Crippen LogP contribution in [0.15, 0.2) is 0 Å². The molecule has 6 heteroatoms. The molecule has 2 aliphatic rings. The first-order valence-corrected chi connectivity index (χ1v) is 8.52. The molecule has 2 aliphatic heterocycles. The number of piperazine rings is 1. The van der Waals surface area contributed by atoms with Crippen LogP contribution in [0.5, 0.6) is 0 Å². The number of nitrogens with one attached hydrogen (secondary N) is 1. The van der Waals surface area contributed by atoms with E-state index in [4.69, 9.17) is 0 Å². The van der Waals surface area contributed by atoms with E-state index in [0.717, 1.165) is 32.6 Å². The second-order valence-corrected chi connectivity index (χ2v) is 6.67. The van der Waals surface area contributed by atoms with Crippen LogP contribution in [-0.2, 0) is 9.59 Å². The summed E-state index contributed by atoms with van der Waals surface area (Å²) in [7, 11) is 1.73. The second kappa shape index (κ2) is 7.92. The summed E-state index contributed by atoms with van der Waals surface area (Å²) in [6.07, 6.45) is 2.20. The summed E-state index contributed by atoms with van der Waals surface area (Å²) in [6.45, 7) is 10.1. The zero-order chi connectivity index (χ0) is 16.1. The molecule has 2 heterocycles. The van der Waals surface area contributed by atoms with Crippen LogP contribution < -0.4 is 5.32 Å². The first-order valence-electron chi connectivity index (χ1n) is 8.52. The molecule has 0 radical (unpaired) electrons. The minimum Gasteiger partial charge on any atom is -0.337 e. The van der Waals surface area contributed by atoms with Crippen molar-refractivity contribution in [3.8, 4) is 0 Å². The van der Waals surface area contributed by atoms with Crippen molar-refractivity contribution < 1.29 is 9.59 Å². The summed E-state index contributed by atoms with van der Waals surface area (Å²) in [6, 6.07) is 0.598. The SMILES string of the molecule is CCC(C)CN(C)C(=O)C(=O)N1CCN(C2CCNC2)CC1. The van der Waals surface area contributed by atoms with Gasteiger partial charge in [-0.2, -0.15) is 0 Å². The van der Waals surface area contributed by atoms with Gasteiger partial charge in [-0.3, -0.25) is 14.5 Å². The van der Waals surface area contributed by atoms with Crippen molar-refractivity contribution >= 4 is 11.8 Å². The van der Waals surface area contributed by atoms with Gasteiger partial charge in [0, 0.05) is 52.4 Å². The maximum Gasteiger partial charge on any atom is 0.312 e. The highest BCUT2D eigenvalue weighted by Gasteiger charge is 2.31.